The van der Waals surface area contributed by atoms with Gasteiger partial charge in [-0.05, 0) is 32.1 Å². The van der Waals surface area contributed by atoms with Gasteiger partial charge < -0.3 is 10.2 Å². The average Bonchev–Trinajstić information content (AvgIpc) is 3.13. The standard InChI is InChI=1S/C14H22N4/c1-2-11-8-14(17-10-16-11)18-7-3-4-13(18)9-15-12-5-6-12/h8,10,12-13,15H,2-7,9H2,1H3. The highest BCUT2D eigenvalue weighted by atomic mass is 15.2. The van der Waals surface area contributed by atoms with Crippen molar-refractivity contribution in [3.8, 4) is 0 Å². The van der Waals surface area contributed by atoms with Gasteiger partial charge in [0.15, 0.2) is 0 Å². The number of anilines is 1. The fraction of sp³-hybridized carbons (Fsp3) is 0.714. The summed E-state index contributed by atoms with van der Waals surface area (Å²) >= 11 is 0. The lowest BCUT2D eigenvalue weighted by Gasteiger charge is -2.26. The number of hydrogen-bond acceptors (Lipinski definition) is 4. The number of nitrogens with one attached hydrogen (secondary N) is 1. The van der Waals surface area contributed by atoms with Gasteiger partial charge in [0.05, 0.1) is 0 Å². The van der Waals surface area contributed by atoms with Crippen molar-refractivity contribution in [2.24, 2.45) is 0 Å². The summed E-state index contributed by atoms with van der Waals surface area (Å²) in [7, 11) is 0. The van der Waals surface area contributed by atoms with E-state index in [4.69, 9.17) is 0 Å². The molecule has 18 heavy (non-hydrogen) atoms. The van der Waals surface area contributed by atoms with Gasteiger partial charge in [-0.1, -0.05) is 6.92 Å². The number of aryl methyl sites for hydroxylation is 1. The van der Waals surface area contributed by atoms with E-state index >= 15 is 0 Å². The Balaban J connectivity index is 1.67. The zero-order chi connectivity index (χ0) is 12.4. The second kappa shape index (κ2) is 5.22. The van der Waals surface area contributed by atoms with E-state index in [1.54, 1.807) is 6.33 Å². The van der Waals surface area contributed by atoms with Gasteiger partial charge in [0.1, 0.15) is 12.1 Å². The molecule has 1 saturated carbocycles. The average molecular weight is 246 g/mol. The minimum absolute atomic E-state index is 0.616. The summed E-state index contributed by atoms with van der Waals surface area (Å²) in [5.74, 6) is 1.11. The van der Waals surface area contributed by atoms with Gasteiger partial charge >= 0.3 is 0 Å². The largest absolute Gasteiger partial charge is 0.352 e. The molecule has 1 aliphatic carbocycles. The van der Waals surface area contributed by atoms with Gasteiger partial charge in [0.25, 0.3) is 0 Å². The summed E-state index contributed by atoms with van der Waals surface area (Å²) in [6.07, 6.45) is 7.97. The fourth-order valence-electron chi connectivity index (χ4n) is 2.68. The Labute approximate surface area is 109 Å². The van der Waals surface area contributed by atoms with Crippen LogP contribution in [-0.4, -0.2) is 35.1 Å². The number of nitrogens with zero attached hydrogens (tertiary/aromatic N) is 3. The van der Waals surface area contributed by atoms with E-state index < -0.39 is 0 Å². The summed E-state index contributed by atoms with van der Waals surface area (Å²) in [4.78, 5) is 11.2. The third kappa shape index (κ3) is 2.64. The minimum Gasteiger partial charge on any atom is -0.352 e. The van der Waals surface area contributed by atoms with Crippen LogP contribution < -0.4 is 10.2 Å². The molecule has 0 aromatic carbocycles. The van der Waals surface area contributed by atoms with Crippen molar-refractivity contribution in [2.45, 2.75) is 51.1 Å². The molecule has 98 valence electrons. The second-order valence-electron chi connectivity index (χ2n) is 5.39. The smallest absolute Gasteiger partial charge is 0.132 e. The summed E-state index contributed by atoms with van der Waals surface area (Å²) in [5, 5.41) is 3.64. The first-order chi connectivity index (χ1) is 8.86. The van der Waals surface area contributed by atoms with E-state index in [0.29, 0.717) is 6.04 Å². The molecular formula is C14H22N4. The fourth-order valence-corrected chi connectivity index (χ4v) is 2.68. The van der Waals surface area contributed by atoms with Crippen LogP contribution in [0.5, 0.6) is 0 Å². The number of rotatable bonds is 5. The Morgan fingerprint density at radius 2 is 2.22 bits per heavy atom. The molecule has 0 amide bonds. The molecule has 2 aliphatic rings. The maximum atomic E-state index is 4.45. The quantitative estimate of drug-likeness (QED) is 0.859. The predicted molar refractivity (Wildman–Crippen MR) is 72.8 cm³/mol. The Morgan fingerprint density at radius 3 is 3.00 bits per heavy atom. The van der Waals surface area contributed by atoms with Crippen molar-refractivity contribution < 1.29 is 0 Å². The van der Waals surface area contributed by atoms with Crippen LogP contribution in [0.2, 0.25) is 0 Å². The molecular weight excluding hydrogens is 224 g/mol. The molecule has 4 nitrogen and oxygen atoms in total. The summed E-state index contributed by atoms with van der Waals surface area (Å²) in [6.45, 7) is 4.38. The Morgan fingerprint density at radius 1 is 1.33 bits per heavy atom. The first-order valence-electron chi connectivity index (χ1n) is 7.17. The normalized spacial score (nSPS) is 23.6. The van der Waals surface area contributed by atoms with E-state index in [9.17, 15) is 0 Å². The molecule has 4 heteroatoms. The molecule has 1 aromatic heterocycles. The lowest BCUT2D eigenvalue weighted by atomic mass is 10.2. The molecule has 1 atom stereocenters. The molecule has 1 aliphatic heterocycles. The van der Waals surface area contributed by atoms with Crippen LogP contribution in [0.3, 0.4) is 0 Å². The van der Waals surface area contributed by atoms with Gasteiger partial charge in [0.2, 0.25) is 0 Å². The van der Waals surface area contributed by atoms with Crippen molar-refractivity contribution in [3.05, 3.63) is 18.1 Å². The van der Waals surface area contributed by atoms with Crippen molar-refractivity contribution in [1.82, 2.24) is 15.3 Å². The summed E-state index contributed by atoms with van der Waals surface area (Å²) in [6, 6.07) is 3.56. The summed E-state index contributed by atoms with van der Waals surface area (Å²) in [5.41, 5.74) is 1.14. The monoisotopic (exact) mass is 246 g/mol. The maximum absolute atomic E-state index is 4.45. The van der Waals surface area contributed by atoms with Gasteiger partial charge in [0, 0.05) is 36.9 Å². The van der Waals surface area contributed by atoms with Crippen LogP contribution in [0.15, 0.2) is 12.4 Å². The van der Waals surface area contributed by atoms with Gasteiger partial charge in [-0.25, -0.2) is 9.97 Å². The highest BCUT2D eigenvalue weighted by Crippen LogP contribution is 2.25. The summed E-state index contributed by atoms with van der Waals surface area (Å²) < 4.78 is 0. The lowest BCUT2D eigenvalue weighted by Crippen LogP contribution is -2.39. The van der Waals surface area contributed by atoms with Crippen LogP contribution in [0, 0.1) is 0 Å². The van der Waals surface area contributed by atoms with Crippen LogP contribution in [-0.2, 0) is 6.42 Å². The lowest BCUT2D eigenvalue weighted by molar-refractivity contribution is 0.568. The third-order valence-corrected chi connectivity index (χ3v) is 3.96. The van der Waals surface area contributed by atoms with Gasteiger partial charge in [-0.2, -0.15) is 0 Å². The first-order valence-corrected chi connectivity index (χ1v) is 7.17. The van der Waals surface area contributed by atoms with Crippen molar-refractivity contribution in [1.29, 1.82) is 0 Å². The maximum Gasteiger partial charge on any atom is 0.132 e. The zero-order valence-electron chi connectivity index (χ0n) is 11.1. The Bertz CT molecular complexity index is 403. The molecule has 1 aromatic rings. The Kier molecular flexibility index (Phi) is 3.46. The van der Waals surface area contributed by atoms with Crippen molar-refractivity contribution in [2.75, 3.05) is 18.0 Å². The molecule has 0 spiro atoms. The SMILES string of the molecule is CCc1cc(N2CCCC2CNC2CC2)ncn1. The highest BCUT2D eigenvalue weighted by molar-refractivity contribution is 5.41. The van der Waals surface area contributed by atoms with Gasteiger partial charge in [-0.15, -0.1) is 0 Å². The van der Waals surface area contributed by atoms with Crippen molar-refractivity contribution >= 4 is 5.82 Å². The Hall–Kier alpha value is -1.16. The predicted octanol–water partition coefficient (Wildman–Crippen LogP) is 1.76. The van der Waals surface area contributed by atoms with Crippen molar-refractivity contribution in [3.63, 3.8) is 0 Å². The van der Waals surface area contributed by atoms with Crippen LogP contribution in [0.1, 0.15) is 38.3 Å². The van der Waals surface area contributed by atoms with E-state index in [2.05, 4.69) is 33.2 Å². The first kappa shape index (κ1) is 11.9. The van der Waals surface area contributed by atoms with E-state index in [0.717, 1.165) is 37.1 Å². The molecule has 0 bridgehead atoms. The van der Waals surface area contributed by atoms with E-state index in [1.165, 1.54) is 25.7 Å². The molecule has 1 unspecified atom stereocenters. The minimum atomic E-state index is 0.616. The molecule has 0 radical (unpaired) electrons. The van der Waals surface area contributed by atoms with Crippen LogP contribution in [0.4, 0.5) is 5.82 Å². The second-order valence-corrected chi connectivity index (χ2v) is 5.39. The molecule has 1 saturated heterocycles. The van der Waals surface area contributed by atoms with E-state index in [1.807, 2.05) is 0 Å². The molecule has 2 fully saturated rings. The third-order valence-electron chi connectivity index (χ3n) is 3.96. The van der Waals surface area contributed by atoms with Crippen LogP contribution in [0.25, 0.3) is 0 Å². The molecule has 1 N–H and O–H groups in total. The molecule has 2 heterocycles. The molecule has 3 rings (SSSR count). The topological polar surface area (TPSA) is 41.0 Å². The van der Waals surface area contributed by atoms with E-state index in [-0.39, 0.29) is 0 Å². The van der Waals surface area contributed by atoms with Gasteiger partial charge in [-0.3, -0.25) is 0 Å². The number of hydrogen-bond donors (Lipinski definition) is 1. The zero-order valence-corrected chi connectivity index (χ0v) is 11.1. The van der Waals surface area contributed by atoms with Crippen LogP contribution >= 0.6 is 0 Å². The highest BCUT2D eigenvalue weighted by Gasteiger charge is 2.28. The number of aromatic nitrogens is 2.